The van der Waals surface area contributed by atoms with Gasteiger partial charge in [-0.2, -0.15) is 4.98 Å². The van der Waals surface area contributed by atoms with Crippen molar-refractivity contribution in [2.75, 3.05) is 27.2 Å². The van der Waals surface area contributed by atoms with E-state index in [2.05, 4.69) is 39.5 Å². The molecule has 1 saturated heterocycles. The second-order valence-electron chi connectivity index (χ2n) is 6.19. The van der Waals surface area contributed by atoms with Crippen molar-refractivity contribution in [1.29, 1.82) is 0 Å². The first kappa shape index (κ1) is 15.9. The van der Waals surface area contributed by atoms with Crippen LogP contribution in [0.4, 0.5) is 0 Å². The van der Waals surface area contributed by atoms with Crippen LogP contribution in [0.1, 0.15) is 49.2 Å². The van der Waals surface area contributed by atoms with Crippen LogP contribution in [0.3, 0.4) is 0 Å². The lowest BCUT2D eigenvalue weighted by Gasteiger charge is -2.24. The van der Waals surface area contributed by atoms with Gasteiger partial charge in [0.25, 0.3) is 11.7 Å². The van der Waals surface area contributed by atoms with Crippen molar-refractivity contribution in [2.45, 2.75) is 38.8 Å². The highest BCUT2D eigenvalue weighted by molar-refractivity contribution is 5.90. The average Bonchev–Trinajstić information content (AvgIpc) is 3.08. The highest BCUT2D eigenvalue weighted by Gasteiger charge is 2.26. The van der Waals surface area contributed by atoms with Crippen molar-refractivity contribution in [2.24, 2.45) is 5.92 Å². The smallest absolute Gasteiger partial charge is 0.292 e. The predicted octanol–water partition coefficient (Wildman–Crippen LogP) is 0.810. The summed E-state index contributed by atoms with van der Waals surface area (Å²) in [6, 6.07) is 0.140. The van der Waals surface area contributed by atoms with E-state index in [1.54, 1.807) is 0 Å². The lowest BCUT2D eigenvalue weighted by atomic mass is 10.0. The molecule has 0 spiro atoms. The minimum atomic E-state index is -0.274. The van der Waals surface area contributed by atoms with E-state index < -0.39 is 0 Å². The van der Waals surface area contributed by atoms with Gasteiger partial charge in [-0.25, -0.2) is 0 Å². The van der Waals surface area contributed by atoms with Crippen molar-refractivity contribution in [3.63, 3.8) is 0 Å². The molecule has 7 heteroatoms. The molecule has 0 aliphatic carbocycles. The number of hydrogen-bond acceptors (Lipinski definition) is 6. The second-order valence-corrected chi connectivity index (χ2v) is 6.19. The molecule has 1 fully saturated rings. The molecule has 1 aliphatic rings. The standard InChI is InChI=1S/C14H25N5O2/c1-9(2)11(8-19(3)4)16-13(20)12-17-14(21-18-12)10-6-5-7-15-10/h9-11,15H,5-8H2,1-4H3,(H,16,20). The molecule has 2 rings (SSSR count). The van der Waals surface area contributed by atoms with Gasteiger partial charge in [0.05, 0.1) is 6.04 Å². The first-order chi connectivity index (χ1) is 9.97. The summed E-state index contributed by atoms with van der Waals surface area (Å²) < 4.78 is 5.20. The highest BCUT2D eigenvalue weighted by atomic mass is 16.5. The molecule has 21 heavy (non-hydrogen) atoms. The van der Waals surface area contributed by atoms with Gasteiger partial charge in [0.1, 0.15) is 0 Å². The van der Waals surface area contributed by atoms with Gasteiger partial charge in [-0.1, -0.05) is 19.0 Å². The summed E-state index contributed by atoms with van der Waals surface area (Å²) in [6.45, 7) is 5.89. The zero-order chi connectivity index (χ0) is 15.4. The summed E-state index contributed by atoms with van der Waals surface area (Å²) in [4.78, 5) is 18.5. The Kier molecular flexibility index (Phi) is 5.30. The number of rotatable bonds is 6. The molecule has 1 aromatic rings. The van der Waals surface area contributed by atoms with E-state index in [4.69, 9.17) is 4.52 Å². The van der Waals surface area contributed by atoms with Crippen LogP contribution in [-0.2, 0) is 0 Å². The van der Waals surface area contributed by atoms with E-state index in [9.17, 15) is 4.79 Å². The Morgan fingerprint density at radius 3 is 2.86 bits per heavy atom. The molecule has 2 atom stereocenters. The van der Waals surface area contributed by atoms with Crippen LogP contribution in [0.5, 0.6) is 0 Å². The molecule has 1 aromatic heterocycles. The molecule has 0 radical (unpaired) electrons. The van der Waals surface area contributed by atoms with Crippen LogP contribution in [0.15, 0.2) is 4.52 Å². The van der Waals surface area contributed by atoms with Gasteiger partial charge < -0.3 is 20.1 Å². The summed E-state index contributed by atoms with van der Waals surface area (Å²) in [7, 11) is 3.97. The topological polar surface area (TPSA) is 83.3 Å². The Hall–Kier alpha value is -1.47. The van der Waals surface area contributed by atoms with Crippen LogP contribution in [0.2, 0.25) is 0 Å². The number of nitrogens with one attached hydrogen (secondary N) is 2. The molecule has 1 amide bonds. The molecular weight excluding hydrogens is 270 g/mol. The molecule has 2 N–H and O–H groups in total. The zero-order valence-electron chi connectivity index (χ0n) is 13.2. The van der Waals surface area contributed by atoms with Gasteiger partial charge >= 0.3 is 0 Å². The maximum absolute atomic E-state index is 12.2. The van der Waals surface area contributed by atoms with Gasteiger partial charge in [-0.3, -0.25) is 4.79 Å². The van der Waals surface area contributed by atoms with E-state index >= 15 is 0 Å². The van der Waals surface area contributed by atoms with Crippen LogP contribution in [-0.4, -0.2) is 54.2 Å². The Bertz CT molecular complexity index is 466. The Morgan fingerprint density at radius 2 is 2.29 bits per heavy atom. The van der Waals surface area contributed by atoms with Crippen molar-refractivity contribution in [1.82, 2.24) is 25.7 Å². The minimum Gasteiger partial charge on any atom is -0.345 e. The SMILES string of the molecule is CC(C)C(CN(C)C)NC(=O)c1noc(C2CCCN2)n1. The normalized spacial score (nSPS) is 20.2. The number of carbonyl (C=O) groups is 1. The first-order valence-corrected chi connectivity index (χ1v) is 7.50. The van der Waals surface area contributed by atoms with E-state index in [0.717, 1.165) is 25.9 Å². The molecule has 0 bridgehead atoms. The fourth-order valence-corrected chi connectivity index (χ4v) is 2.41. The summed E-state index contributed by atoms with van der Waals surface area (Å²) in [6.07, 6.45) is 2.06. The molecule has 0 aromatic carbocycles. The minimum absolute atomic E-state index is 0.0547. The van der Waals surface area contributed by atoms with Crippen molar-refractivity contribution < 1.29 is 9.32 Å². The van der Waals surface area contributed by atoms with E-state index in [1.165, 1.54) is 0 Å². The average molecular weight is 295 g/mol. The van der Waals surface area contributed by atoms with E-state index in [1.807, 2.05) is 14.1 Å². The maximum Gasteiger partial charge on any atom is 0.292 e. The van der Waals surface area contributed by atoms with E-state index in [0.29, 0.717) is 11.8 Å². The van der Waals surface area contributed by atoms with Crippen LogP contribution in [0.25, 0.3) is 0 Å². The third-order valence-electron chi connectivity index (χ3n) is 3.69. The zero-order valence-corrected chi connectivity index (χ0v) is 13.2. The largest absolute Gasteiger partial charge is 0.345 e. The molecule has 7 nitrogen and oxygen atoms in total. The molecule has 118 valence electrons. The highest BCUT2D eigenvalue weighted by Crippen LogP contribution is 2.21. The number of hydrogen-bond donors (Lipinski definition) is 2. The summed E-state index contributed by atoms with van der Waals surface area (Å²) >= 11 is 0. The van der Waals surface area contributed by atoms with Crippen LogP contribution in [0, 0.1) is 5.92 Å². The monoisotopic (exact) mass is 295 g/mol. The number of amides is 1. The predicted molar refractivity (Wildman–Crippen MR) is 78.9 cm³/mol. The summed E-state index contributed by atoms with van der Waals surface area (Å²) in [5.74, 6) is 0.678. The molecule has 2 heterocycles. The summed E-state index contributed by atoms with van der Waals surface area (Å²) in [5.41, 5.74) is 0. The van der Waals surface area contributed by atoms with Gasteiger partial charge in [0.2, 0.25) is 5.89 Å². The fourth-order valence-electron chi connectivity index (χ4n) is 2.41. The third-order valence-corrected chi connectivity index (χ3v) is 3.69. The van der Waals surface area contributed by atoms with Crippen molar-refractivity contribution in [3.05, 3.63) is 11.7 Å². The number of likely N-dealkylation sites (N-methyl/N-ethyl adjacent to an activating group) is 1. The molecule has 2 unspecified atom stereocenters. The van der Waals surface area contributed by atoms with Gasteiger partial charge in [0, 0.05) is 12.6 Å². The Morgan fingerprint density at radius 1 is 1.52 bits per heavy atom. The van der Waals surface area contributed by atoms with Crippen molar-refractivity contribution in [3.8, 4) is 0 Å². The first-order valence-electron chi connectivity index (χ1n) is 7.50. The number of nitrogens with zero attached hydrogens (tertiary/aromatic N) is 3. The van der Waals surface area contributed by atoms with Gasteiger partial charge in [-0.15, -0.1) is 0 Å². The third kappa shape index (κ3) is 4.25. The fraction of sp³-hybridized carbons (Fsp3) is 0.786. The number of carbonyl (C=O) groups excluding carboxylic acids is 1. The lowest BCUT2D eigenvalue weighted by Crippen LogP contribution is -2.45. The molecular formula is C14H25N5O2. The molecule has 0 saturated carbocycles. The van der Waals surface area contributed by atoms with Gasteiger partial charge in [0.15, 0.2) is 0 Å². The maximum atomic E-state index is 12.2. The lowest BCUT2D eigenvalue weighted by molar-refractivity contribution is 0.0903. The Balaban J connectivity index is 1.98. The summed E-state index contributed by atoms with van der Waals surface area (Å²) in [5, 5.41) is 10.1. The molecule has 1 aliphatic heterocycles. The van der Waals surface area contributed by atoms with E-state index in [-0.39, 0.29) is 23.8 Å². The quantitative estimate of drug-likeness (QED) is 0.808. The second kappa shape index (κ2) is 7.00. The van der Waals surface area contributed by atoms with Crippen molar-refractivity contribution >= 4 is 5.91 Å². The Labute approximate surface area is 125 Å². The van der Waals surface area contributed by atoms with Crippen LogP contribution >= 0.6 is 0 Å². The van der Waals surface area contributed by atoms with Gasteiger partial charge in [-0.05, 0) is 39.4 Å². The number of aromatic nitrogens is 2. The van der Waals surface area contributed by atoms with Crippen LogP contribution < -0.4 is 10.6 Å².